The molecule has 0 radical (unpaired) electrons. The molecule has 4 rings (SSSR count). The molecular weight excluding hydrogens is 346 g/mol. The van der Waals surface area contributed by atoms with Crippen molar-refractivity contribution in [2.24, 2.45) is 0 Å². The fraction of sp³-hybridized carbons (Fsp3) is 0.300. The Morgan fingerprint density at radius 1 is 1.12 bits per heavy atom. The highest BCUT2D eigenvalue weighted by molar-refractivity contribution is 7.18. The van der Waals surface area contributed by atoms with Gasteiger partial charge in [0.1, 0.15) is 10.8 Å². The summed E-state index contributed by atoms with van der Waals surface area (Å²) >= 11 is 1.75. The lowest BCUT2D eigenvalue weighted by molar-refractivity contribution is 0.0628. The highest BCUT2D eigenvalue weighted by Gasteiger charge is 2.23. The minimum Gasteiger partial charge on any atom is -0.497 e. The van der Waals surface area contributed by atoms with E-state index in [4.69, 9.17) is 9.72 Å². The van der Waals surface area contributed by atoms with E-state index in [2.05, 4.69) is 17.0 Å². The summed E-state index contributed by atoms with van der Waals surface area (Å²) in [5.74, 6) is 0.786. The number of benzene rings is 2. The van der Waals surface area contributed by atoms with Gasteiger partial charge in [-0.1, -0.05) is 18.2 Å². The van der Waals surface area contributed by atoms with Crippen molar-refractivity contribution in [3.05, 3.63) is 59.1 Å². The van der Waals surface area contributed by atoms with Crippen LogP contribution in [0.15, 0.2) is 48.5 Å². The van der Waals surface area contributed by atoms with Crippen molar-refractivity contribution >= 4 is 27.5 Å². The van der Waals surface area contributed by atoms with E-state index in [1.807, 2.05) is 35.2 Å². The average Bonchev–Trinajstić information content (AvgIpc) is 3.10. The summed E-state index contributed by atoms with van der Waals surface area (Å²) in [6.45, 7) is 4.06. The van der Waals surface area contributed by atoms with Crippen molar-refractivity contribution in [3.63, 3.8) is 0 Å². The molecule has 3 aromatic rings. The second kappa shape index (κ2) is 7.43. The number of ether oxygens (including phenoxy) is 1. The number of methoxy groups -OCH3 is 1. The number of thiazole rings is 1. The van der Waals surface area contributed by atoms with Crippen LogP contribution in [-0.2, 0) is 6.54 Å². The molecule has 1 aliphatic heterocycles. The van der Waals surface area contributed by atoms with Crippen LogP contribution in [0.25, 0.3) is 10.2 Å². The van der Waals surface area contributed by atoms with Crippen LogP contribution >= 0.6 is 11.3 Å². The summed E-state index contributed by atoms with van der Waals surface area (Å²) < 4.78 is 6.45. The molecule has 0 spiro atoms. The highest BCUT2D eigenvalue weighted by atomic mass is 32.1. The molecule has 1 amide bonds. The van der Waals surface area contributed by atoms with E-state index < -0.39 is 0 Å². The number of amides is 1. The van der Waals surface area contributed by atoms with Crippen LogP contribution in [0.5, 0.6) is 5.75 Å². The van der Waals surface area contributed by atoms with Gasteiger partial charge in [-0.05, 0) is 30.3 Å². The lowest BCUT2D eigenvalue weighted by Crippen LogP contribution is -2.48. The largest absolute Gasteiger partial charge is 0.497 e. The highest BCUT2D eigenvalue weighted by Crippen LogP contribution is 2.23. The molecule has 1 aliphatic rings. The van der Waals surface area contributed by atoms with Gasteiger partial charge in [-0.2, -0.15) is 0 Å². The monoisotopic (exact) mass is 367 g/mol. The first kappa shape index (κ1) is 17.0. The summed E-state index contributed by atoms with van der Waals surface area (Å²) in [6, 6.07) is 15.6. The molecule has 5 nitrogen and oxygen atoms in total. The third-order valence-corrected chi connectivity index (χ3v) is 5.69. The number of carbonyl (C=O) groups is 1. The zero-order valence-electron chi connectivity index (χ0n) is 14.7. The van der Waals surface area contributed by atoms with E-state index in [9.17, 15) is 4.79 Å². The van der Waals surface area contributed by atoms with Crippen molar-refractivity contribution in [1.82, 2.24) is 14.8 Å². The minimum atomic E-state index is 0.0727. The average molecular weight is 367 g/mol. The zero-order chi connectivity index (χ0) is 17.9. The maximum atomic E-state index is 12.7. The van der Waals surface area contributed by atoms with Crippen molar-refractivity contribution in [3.8, 4) is 5.75 Å². The van der Waals surface area contributed by atoms with Crippen LogP contribution in [0.4, 0.5) is 0 Å². The maximum Gasteiger partial charge on any atom is 0.254 e. The Morgan fingerprint density at radius 2 is 1.92 bits per heavy atom. The van der Waals surface area contributed by atoms with E-state index in [0.717, 1.165) is 43.2 Å². The number of rotatable bonds is 4. The van der Waals surface area contributed by atoms with Gasteiger partial charge in [0.15, 0.2) is 0 Å². The van der Waals surface area contributed by atoms with Crippen molar-refractivity contribution in [1.29, 1.82) is 0 Å². The minimum absolute atomic E-state index is 0.0727. The molecule has 1 fully saturated rings. The topological polar surface area (TPSA) is 45.7 Å². The number of hydrogen-bond donors (Lipinski definition) is 0. The molecule has 1 saturated heterocycles. The fourth-order valence-electron chi connectivity index (χ4n) is 3.23. The van der Waals surface area contributed by atoms with Crippen molar-refractivity contribution < 1.29 is 9.53 Å². The number of aromatic nitrogens is 1. The van der Waals surface area contributed by atoms with Crippen LogP contribution in [0.1, 0.15) is 15.4 Å². The first-order valence-electron chi connectivity index (χ1n) is 8.73. The molecule has 2 heterocycles. The number of nitrogens with zero attached hydrogens (tertiary/aromatic N) is 3. The number of hydrogen-bond acceptors (Lipinski definition) is 5. The van der Waals surface area contributed by atoms with E-state index in [1.165, 1.54) is 4.70 Å². The maximum absolute atomic E-state index is 12.7. The Bertz CT molecular complexity index is 883. The quantitative estimate of drug-likeness (QED) is 0.710. The molecule has 0 bridgehead atoms. The van der Waals surface area contributed by atoms with Gasteiger partial charge >= 0.3 is 0 Å². The van der Waals surface area contributed by atoms with E-state index in [0.29, 0.717) is 11.3 Å². The van der Waals surface area contributed by atoms with Gasteiger partial charge in [-0.15, -0.1) is 11.3 Å². The lowest BCUT2D eigenvalue weighted by atomic mass is 10.1. The van der Waals surface area contributed by atoms with Gasteiger partial charge in [0.25, 0.3) is 5.91 Å². The zero-order valence-corrected chi connectivity index (χ0v) is 15.5. The molecular formula is C20H21N3O2S. The second-order valence-corrected chi connectivity index (χ2v) is 7.49. The van der Waals surface area contributed by atoms with Crippen LogP contribution < -0.4 is 4.74 Å². The van der Waals surface area contributed by atoms with Crippen molar-refractivity contribution in [2.45, 2.75) is 6.54 Å². The summed E-state index contributed by atoms with van der Waals surface area (Å²) in [7, 11) is 1.62. The van der Waals surface area contributed by atoms with Gasteiger partial charge in [0.05, 0.1) is 23.9 Å². The Balaban J connectivity index is 1.36. The molecule has 0 atom stereocenters. The predicted molar refractivity (Wildman–Crippen MR) is 104 cm³/mol. The molecule has 2 aromatic carbocycles. The lowest BCUT2D eigenvalue weighted by Gasteiger charge is -2.34. The molecule has 0 saturated carbocycles. The smallest absolute Gasteiger partial charge is 0.254 e. The Hall–Kier alpha value is -2.44. The molecule has 26 heavy (non-hydrogen) atoms. The van der Waals surface area contributed by atoms with E-state index in [1.54, 1.807) is 24.5 Å². The van der Waals surface area contributed by atoms with Crippen LogP contribution in [-0.4, -0.2) is 54.0 Å². The Morgan fingerprint density at radius 3 is 2.69 bits per heavy atom. The molecule has 0 N–H and O–H groups in total. The molecule has 0 unspecified atom stereocenters. The molecule has 0 aliphatic carbocycles. The summed E-state index contributed by atoms with van der Waals surface area (Å²) in [5, 5.41) is 1.14. The Labute approximate surface area is 156 Å². The van der Waals surface area contributed by atoms with Gasteiger partial charge in [-0.25, -0.2) is 4.98 Å². The first-order valence-corrected chi connectivity index (χ1v) is 9.55. The summed E-state index contributed by atoms with van der Waals surface area (Å²) in [4.78, 5) is 21.7. The second-order valence-electron chi connectivity index (χ2n) is 6.38. The normalized spacial score (nSPS) is 15.3. The van der Waals surface area contributed by atoms with Gasteiger partial charge in [0.2, 0.25) is 0 Å². The molecule has 1 aromatic heterocycles. The standard InChI is InChI=1S/C20H21N3O2S/c1-25-16-6-4-5-15(13-16)20(24)23-11-9-22(10-12-23)14-19-21-17-7-2-3-8-18(17)26-19/h2-8,13H,9-12,14H2,1H3. The van der Waals surface area contributed by atoms with Crippen LogP contribution in [0, 0.1) is 0 Å². The van der Waals surface area contributed by atoms with E-state index in [-0.39, 0.29) is 5.91 Å². The number of piperazine rings is 1. The van der Waals surface area contributed by atoms with Crippen molar-refractivity contribution in [2.75, 3.05) is 33.3 Å². The third kappa shape index (κ3) is 3.57. The SMILES string of the molecule is COc1cccc(C(=O)N2CCN(Cc3nc4ccccc4s3)CC2)c1. The number of para-hydroxylation sites is 1. The van der Waals surface area contributed by atoms with Crippen LogP contribution in [0.3, 0.4) is 0 Å². The number of fused-ring (bicyclic) bond motifs is 1. The van der Waals surface area contributed by atoms with E-state index >= 15 is 0 Å². The molecule has 6 heteroatoms. The summed E-state index contributed by atoms with van der Waals surface area (Å²) in [5.41, 5.74) is 1.75. The van der Waals surface area contributed by atoms with Gasteiger partial charge in [0, 0.05) is 31.7 Å². The van der Waals surface area contributed by atoms with Gasteiger partial charge < -0.3 is 9.64 Å². The fourth-order valence-corrected chi connectivity index (χ4v) is 4.24. The molecule has 134 valence electrons. The van der Waals surface area contributed by atoms with Gasteiger partial charge in [-0.3, -0.25) is 9.69 Å². The summed E-state index contributed by atoms with van der Waals surface area (Å²) in [6.07, 6.45) is 0. The van der Waals surface area contributed by atoms with Crippen LogP contribution in [0.2, 0.25) is 0 Å². The Kier molecular flexibility index (Phi) is 4.86. The number of carbonyl (C=O) groups excluding carboxylic acids is 1. The third-order valence-electron chi connectivity index (χ3n) is 4.67. The predicted octanol–water partition coefficient (Wildman–Crippen LogP) is 3.26. The first-order chi connectivity index (χ1) is 12.7.